The molecule has 2 aromatic heterocycles. The molecule has 0 amide bonds. The Morgan fingerprint density at radius 3 is 2.88 bits per heavy atom. The largest absolute Gasteiger partial charge is 0.480 e. The van der Waals surface area contributed by atoms with E-state index < -0.39 is 11.9 Å². The summed E-state index contributed by atoms with van der Waals surface area (Å²) in [5.74, 6) is 0.672. The van der Waals surface area contributed by atoms with Crippen molar-refractivity contribution < 1.29 is 13.6 Å². The number of hydrogen-bond acceptors (Lipinski definition) is 4. The Morgan fingerprint density at radius 1 is 1.33 bits per heavy atom. The molecule has 0 saturated carbocycles. The lowest BCUT2D eigenvalue weighted by Gasteiger charge is -2.13. The second-order valence-electron chi connectivity index (χ2n) is 5.45. The highest BCUT2D eigenvalue weighted by Crippen LogP contribution is 2.22. The summed E-state index contributed by atoms with van der Waals surface area (Å²) >= 11 is 0. The Labute approximate surface area is 138 Å². The first kappa shape index (κ1) is 15.9. The second-order valence-corrected chi connectivity index (χ2v) is 5.45. The first-order chi connectivity index (χ1) is 11.5. The second kappa shape index (κ2) is 6.61. The van der Waals surface area contributed by atoms with Crippen LogP contribution in [0, 0.1) is 5.82 Å². The number of ether oxygens (including phenoxy) is 1. The predicted octanol–water partition coefficient (Wildman–Crippen LogP) is 2.04. The number of nitrogens with zero attached hydrogens (tertiary/aromatic N) is 5. The van der Waals surface area contributed by atoms with E-state index in [0.717, 1.165) is 5.69 Å². The molecule has 0 radical (unpaired) electrons. The number of aliphatic imine (C=N–C) groups is 1. The van der Waals surface area contributed by atoms with Crippen molar-refractivity contribution in [3.8, 4) is 5.75 Å². The van der Waals surface area contributed by atoms with Gasteiger partial charge in [0.1, 0.15) is 11.9 Å². The van der Waals surface area contributed by atoms with Crippen molar-refractivity contribution in [3.63, 3.8) is 0 Å². The average Bonchev–Trinajstić information content (AvgIpc) is 2.98. The highest BCUT2D eigenvalue weighted by Gasteiger charge is 2.21. The molecule has 0 unspecified atom stereocenters. The number of nitrogens with one attached hydrogen (secondary N) is 1. The number of para-hydroxylation sites is 1. The minimum Gasteiger partial charge on any atom is -0.480 e. The summed E-state index contributed by atoms with van der Waals surface area (Å²) in [7, 11) is 3.74. The summed E-state index contributed by atoms with van der Waals surface area (Å²) in [5, 5.41) is 3.05. The van der Waals surface area contributed by atoms with E-state index in [4.69, 9.17) is 4.74 Å². The number of fused-ring (bicyclic) bond motifs is 1. The molecule has 0 aliphatic rings. The summed E-state index contributed by atoms with van der Waals surface area (Å²) < 4.78 is 21.2. The van der Waals surface area contributed by atoms with E-state index in [9.17, 15) is 4.39 Å². The third-order valence-electron chi connectivity index (χ3n) is 3.28. The third-order valence-corrected chi connectivity index (χ3v) is 3.28. The quantitative estimate of drug-likeness (QED) is 0.442. The Kier molecular flexibility index (Phi) is 4.37. The molecular weight excluding hydrogens is 311 g/mol. The summed E-state index contributed by atoms with van der Waals surface area (Å²) in [6, 6.07) is 8.09. The van der Waals surface area contributed by atoms with E-state index in [1.807, 2.05) is 21.0 Å². The van der Waals surface area contributed by atoms with Crippen molar-refractivity contribution >= 4 is 18.1 Å². The molecule has 0 bridgehead atoms. The van der Waals surface area contributed by atoms with E-state index in [0.29, 0.717) is 11.7 Å². The van der Waals surface area contributed by atoms with Crippen LogP contribution in [0.4, 0.5) is 10.3 Å². The Balaban J connectivity index is 1.92. The van der Waals surface area contributed by atoms with Gasteiger partial charge in [-0.3, -0.25) is 0 Å². The predicted molar refractivity (Wildman–Crippen MR) is 86.8 cm³/mol. The van der Waals surface area contributed by atoms with Gasteiger partial charge >= 0.3 is 11.7 Å². The molecule has 2 heterocycles. The molecular formula is C16H18FN6O+. The standard InChI is InChI=1S/C16H17FN6O/c1-11(24-14-7-5-4-6-12(14)17)13-8-9-18-16-20-15(21-23(13)16)19-10-22(2)3/h4-11H,1-3H3/p+1/t11-/m0/s1. The summed E-state index contributed by atoms with van der Waals surface area (Å²) in [5.41, 5.74) is 0.752. The van der Waals surface area contributed by atoms with Crippen LogP contribution >= 0.6 is 0 Å². The Bertz CT molecular complexity index is 876. The maximum atomic E-state index is 13.8. The molecule has 0 aliphatic heterocycles. The SMILES string of the molecule is C[C@H](Oc1ccccc1F)c1ccnc2nc(N=CN(C)C)[nH][n+]12. The van der Waals surface area contributed by atoms with Gasteiger partial charge in [-0.05, 0) is 24.0 Å². The van der Waals surface area contributed by atoms with Crippen molar-refractivity contribution in [1.82, 2.24) is 20.0 Å². The molecule has 0 spiro atoms. The van der Waals surface area contributed by atoms with Crippen molar-refractivity contribution in [2.75, 3.05) is 14.1 Å². The molecule has 3 aromatic rings. The van der Waals surface area contributed by atoms with Gasteiger partial charge in [-0.1, -0.05) is 17.1 Å². The fourth-order valence-corrected chi connectivity index (χ4v) is 2.18. The van der Waals surface area contributed by atoms with Crippen molar-refractivity contribution in [3.05, 3.63) is 48.0 Å². The molecule has 1 atom stereocenters. The number of rotatable bonds is 5. The minimum atomic E-state index is -0.413. The van der Waals surface area contributed by atoms with E-state index in [2.05, 4.69) is 20.1 Å². The van der Waals surface area contributed by atoms with E-state index in [1.165, 1.54) is 6.07 Å². The lowest BCUT2D eigenvalue weighted by molar-refractivity contribution is -0.591. The van der Waals surface area contributed by atoms with Gasteiger partial charge in [0.25, 0.3) is 0 Å². The van der Waals surface area contributed by atoms with Crippen molar-refractivity contribution in [2.45, 2.75) is 13.0 Å². The number of H-pyrrole nitrogens is 1. The van der Waals surface area contributed by atoms with Gasteiger partial charge in [-0.25, -0.2) is 4.39 Å². The lowest BCUT2D eigenvalue weighted by atomic mass is 10.2. The van der Waals surface area contributed by atoms with Crippen LogP contribution in [0.2, 0.25) is 0 Å². The van der Waals surface area contributed by atoms with E-state index in [1.54, 1.807) is 46.2 Å². The van der Waals surface area contributed by atoms with Crippen LogP contribution in [-0.2, 0) is 0 Å². The third kappa shape index (κ3) is 3.32. The zero-order valence-corrected chi connectivity index (χ0v) is 13.6. The number of aromatic amines is 1. The number of benzene rings is 1. The summed E-state index contributed by atoms with van der Waals surface area (Å²) in [6.07, 6.45) is 2.85. The number of aromatic nitrogens is 4. The van der Waals surface area contributed by atoms with Crippen LogP contribution in [-0.4, -0.2) is 40.4 Å². The monoisotopic (exact) mass is 329 g/mol. The minimum absolute atomic E-state index is 0.195. The van der Waals surface area contributed by atoms with Crippen LogP contribution < -0.4 is 9.25 Å². The molecule has 7 nitrogen and oxygen atoms in total. The van der Waals surface area contributed by atoms with Crippen molar-refractivity contribution in [2.24, 2.45) is 4.99 Å². The first-order valence-electron chi connectivity index (χ1n) is 7.43. The number of halogens is 1. The molecule has 3 rings (SSSR count). The van der Waals surface area contributed by atoms with E-state index >= 15 is 0 Å². The Morgan fingerprint density at radius 2 is 2.12 bits per heavy atom. The topological polar surface area (TPSA) is 70.5 Å². The van der Waals surface area contributed by atoms with Crippen LogP contribution in [0.1, 0.15) is 18.7 Å². The van der Waals surface area contributed by atoms with Crippen LogP contribution in [0.3, 0.4) is 0 Å². The molecule has 1 N–H and O–H groups in total. The molecule has 0 aliphatic carbocycles. The lowest BCUT2D eigenvalue weighted by Crippen LogP contribution is -2.32. The summed E-state index contributed by atoms with van der Waals surface area (Å²) in [4.78, 5) is 14.5. The van der Waals surface area contributed by atoms with Gasteiger partial charge in [0, 0.05) is 20.2 Å². The van der Waals surface area contributed by atoms with Gasteiger partial charge in [-0.2, -0.15) is 10.1 Å². The van der Waals surface area contributed by atoms with E-state index in [-0.39, 0.29) is 5.75 Å². The maximum absolute atomic E-state index is 13.8. The fourth-order valence-electron chi connectivity index (χ4n) is 2.18. The maximum Gasteiger partial charge on any atom is 0.459 e. The van der Waals surface area contributed by atoms with Crippen LogP contribution in [0.5, 0.6) is 5.75 Å². The molecule has 0 fully saturated rings. The van der Waals surface area contributed by atoms with Crippen LogP contribution in [0.25, 0.3) is 5.78 Å². The zero-order valence-electron chi connectivity index (χ0n) is 13.6. The molecule has 124 valence electrons. The fraction of sp³-hybridized carbons (Fsp3) is 0.250. The molecule has 8 heteroatoms. The van der Waals surface area contributed by atoms with Gasteiger partial charge in [0.2, 0.25) is 0 Å². The first-order valence-corrected chi connectivity index (χ1v) is 7.43. The van der Waals surface area contributed by atoms with Crippen molar-refractivity contribution in [1.29, 1.82) is 0 Å². The van der Waals surface area contributed by atoms with Gasteiger partial charge in [-0.15, -0.1) is 4.52 Å². The van der Waals surface area contributed by atoms with Gasteiger partial charge < -0.3 is 9.64 Å². The normalized spacial score (nSPS) is 12.7. The van der Waals surface area contributed by atoms with Gasteiger partial charge in [0.15, 0.2) is 17.7 Å². The molecule has 24 heavy (non-hydrogen) atoms. The Hall–Kier alpha value is -3.03. The smallest absolute Gasteiger partial charge is 0.459 e. The zero-order chi connectivity index (χ0) is 17.1. The molecule has 0 saturated heterocycles. The van der Waals surface area contributed by atoms with Gasteiger partial charge in [0.05, 0.1) is 6.34 Å². The molecule has 1 aromatic carbocycles. The highest BCUT2D eigenvalue weighted by atomic mass is 19.1. The average molecular weight is 329 g/mol. The highest BCUT2D eigenvalue weighted by molar-refractivity contribution is 5.57. The summed E-state index contributed by atoms with van der Waals surface area (Å²) in [6.45, 7) is 1.83. The number of hydrogen-bond donors (Lipinski definition) is 1. The van der Waals surface area contributed by atoms with Crippen LogP contribution in [0.15, 0.2) is 41.5 Å².